The van der Waals surface area contributed by atoms with E-state index in [2.05, 4.69) is 36.6 Å². The Balaban J connectivity index is 1.80. The summed E-state index contributed by atoms with van der Waals surface area (Å²) in [6, 6.07) is 15.7. The third-order valence-electron chi connectivity index (χ3n) is 3.64. The van der Waals surface area contributed by atoms with E-state index in [0.29, 0.717) is 30.3 Å². The Kier molecular flexibility index (Phi) is 6.03. The zero-order valence-electron chi connectivity index (χ0n) is 13.9. The van der Waals surface area contributed by atoms with Crippen LogP contribution in [0.15, 0.2) is 48.5 Å². The Morgan fingerprint density at radius 1 is 1.09 bits per heavy atom. The molecule has 2 aromatic rings. The Morgan fingerprint density at radius 3 is 2.43 bits per heavy atom. The summed E-state index contributed by atoms with van der Waals surface area (Å²) in [5.74, 6) is 1.15. The number of hydrogen-bond donors (Lipinski definition) is 2. The summed E-state index contributed by atoms with van der Waals surface area (Å²) in [4.78, 5) is 12.0. The first kappa shape index (κ1) is 16.9. The van der Waals surface area contributed by atoms with Gasteiger partial charge < -0.3 is 15.4 Å². The second-order valence-electron chi connectivity index (χ2n) is 5.70. The molecule has 0 saturated carbocycles. The predicted molar refractivity (Wildman–Crippen MR) is 95.3 cm³/mol. The number of rotatable bonds is 7. The molecule has 0 heterocycles. The summed E-state index contributed by atoms with van der Waals surface area (Å²) < 4.78 is 5.22. The van der Waals surface area contributed by atoms with E-state index in [-0.39, 0.29) is 5.91 Å². The third-order valence-corrected chi connectivity index (χ3v) is 3.64. The van der Waals surface area contributed by atoms with Gasteiger partial charge in [-0.2, -0.15) is 0 Å². The molecule has 2 rings (SSSR count). The number of methoxy groups -OCH3 is 1. The summed E-state index contributed by atoms with van der Waals surface area (Å²) in [5, 5.41) is 6.13. The molecule has 0 aliphatic carbocycles. The highest BCUT2D eigenvalue weighted by Gasteiger charge is 2.06. The van der Waals surface area contributed by atoms with Crippen molar-refractivity contribution in [3.05, 3.63) is 54.1 Å². The van der Waals surface area contributed by atoms with Gasteiger partial charge in [0.25, 0.3) is 0 Å². The number of para-hydroxylation sites is 2. The second kappa shape index (κ2) is 8.22. The van der Waals surface area contributed by atoms with Crippen molar-refractivity contribution in [3.8, 4) is 5.75 Å². The van der Waals surface area contributed by atoms with E-state index in [1.165, 1.54) is 5.56 Å². The third kappa shape index (κ3) is 5.02. The number of anilines is 2. The number of carbonyl (C=O) groups is 1. The van der Waals surface area contributed by atoms with E-state index in [9.17, 15) is 4.79 Å². The highest BCUT2D eigenvalue weighted by Crippen LogP contribution is 2.23. The number of ether oxygens (including phenoxy) is 1. The quantitative estimate of drug-likeness (QED) is 0.803. The molecule has 0 aliphatic rings. The van der Waals surface area contributed by atoms with E-state index < -0.39 is 0 Å². The molecule has 4 heteroatoms. The van der Waals surface area contributed by atoms with Gasteiger partial charge in [-0.25, -0.2) is 0 Å². The lowest BCUT2D eigenvalue weighted by atomic mass is 10.0. The van der Waals surface area contributed by atoms with Crippen molar-refractivity contribution in [3.63, 3.8) is 0 Å². The van der Waals surface area contributed by atoms with Crippen molar-refractivity contribution < 1.29 is 9.53 Å². The van der Waals surface area contributed by atoms with Crippen LogP contribution >= 0.6 is 0 Å². The minimum Gasteiger partial charge on any atom is -0.495 e. The van der Waals surface area contributed by atoms with E-state index in [4.69, 9.17) is 4.74 Å². The fraction of sp³-hybridized carbons (Fsp3) is 0.316. The summed E-state index contributed by atoms with van der Waals surface area (Å²) in [6.07, 6.45) is 0.393. The fourth-order valence-corrected chi connectivity index (χ4v) is 2.27. The van der Waals surface area contributed by atoms with Gasteiger partial charge in [0.2, 0.25) is 5.91 Å². The fourth-order valence-electron chi connectivity index (χ4n) is 2.27. The van der Waals surface area contributed by atoms with Gasteiger partial charge >= 0.3 is 0 Å². The number of amides is 1. The van der Waals surface area contributed by atoms with E-state index in [1.54, 1.807) is 7.11 Å². The van der Waals surface area contributed by atoms with Crippen LogP contribution in [0.25, 0.3) is 0 Å². The molecule has 2 aromatic carbocycles. The molecule has 4 nitrogen and oxygen atoms in total. The normalized spacial score (nSPS) is 10.4. The molecule has 0 saturated heterocycles. The number of carbonyl (C=O) groups excluding carboxylic acids is 1. The van der Waals surface area contributed by atoms with Gasteiger partial charge in [0.15, 0.2) is 0 Å². The zero-order chi connectivity index (χ0) is 16.7. The van der Waals surface area contributed by atoms with Gasteiger partial charge in [-0.05, 0) is 35.7 Å². The van der Waals surface area contributed by atoms with Crippen LogP contribution in [0.4, 0.5) is 11.4 Å². The van der Waals surface area contributed by atoms with Gasteiger partial charge in [0.1, 0.15) is 5.75 Å². The Bertz CT molecular complexity index is 636. The van der Waals surface area contributed by atoms with Gasteiger partial charge in [0, 0.05) is 18.7 Å². The molecule has 122 valence electrons. The van der Waals surface area contributed by atoms with Crippen LogP contribution in [0.1, 0.15) is 31.7 Å². The summed E-state index contributed by atoms with van der Waals surface area (Å²) >= 11 is 0. The topological polar surface area (TPSA) is 50.4 Å². The lowest BCUT2D eigenvalue weighted by molar-refractivity contribution is -0.116. The first-order valence-corrected chi connectivity index (χ1v) is 7.87. The van der Waals surface area contributed by atoms with Gasteiger partial charge in [0.05, 0.1) is 12.8 Å². The number of nitrogens with one attached hydrogen (secondary N) is 2. The van der Waals surface area contributed by atoms with E-state index >= 15 is 0 Å². The highest BCUT2D eigenvalue weighted by molar-refractivity contribution is 5.92. The number of benzene rings is 2. The molecule has 1 amide bonds. The minimum absolute atomic E-state index is 0.0409. The lowest BCUT2D eigenvalue weighted by Crippen LogP contribution is -2.16. The van der Waals surface area contributed by atoms with Crippen molar-refractivity contribution >= 4 is 17.3 Å². The Hall–Kier alpha value is -2.49. The predicted octanol–water partition coefficient (Wildman–Crippen LogP) is 4.26. The largest absolute Gasteiger partial charge is 0.495 e. The molecule has 0 aliphatic heterocycles. The summed E-state index contributed by atoms with van der Waals surface area (Å²) in [7, 11) is 1.59. The van der Waals surface area contributed by atoms with Crippen LogP contribution in [0.2, 0.25) is 0 Å². The molecule has 0 fully saturated rings. The first-order chi connectivity index (χ1) is 11.1. The van der Waals surface area contributed by atoms with Crippen molar-refractivity contribution in [2.24, 2.45) is 0 Å². The Morgan fingerprint density at radius 2 is 1.78 bits per heavy atom. The average Bonchev–Trinajstić information content (AvgIpc) is 2.56. The molecule has 23 heavy (non-hydrogen) atoms. The standard InChI is InChI=1S/C19H24N2O2/c1-14(2)15-8-10-16(11-9-15)20-13-12-19(22)21-17-6-4-5-7-18(17)23-3/h4-11,14,20H,12-13H2,1-3H3,(H,21,22). The van der Waals surface area contributed by atoms with Crippen LogP contribution in [-0.2, 0) is 4.79 Å². The number of hydrogen-bond acceptors (Lipinski definition) is 3. The SMILES string of the molecule is COc1ccccc1NC(=O)CCNc1ccc(C(C)C)cc1. The van der Waals surface area contributed by atoms with Crippen LogP contribution < -0.4 is 15.4 Å². The van der Waals surface area contributed by atoms with Crippen molar-refractivity contribution in [1.82, 2.24) is 0 Å². The van der Waals surface area contributed by atoms with Crippen molar-refractivity contribution in [2.75, 3.05) is 24.3 Å². The monoisotopic (exact) mass is 312 g/mol. The van der Waals surface area contributed by atoms with E-state index in [1.807, 2.05) is 36.4 Å². The molecule has 0 atom stereocenters. The molecule has 0 unspecified atom stereocenters. The van der Waals surface area contributed by atoms with Gasteiger partial charge in [-0.3, -0.25) is 4.79 Å². The van der Waals surface area contributed by atoms with Gasteiger partial charge in [-0.15, -0.1) is 0 Å². The maximum Gasteiger partial charge on any atom is 0.226 e. The van der Waals surface area contributed by atoms with Crippen LogP contribution in [0.3, 0.4) is 0 Å². The first-order valence-electron chi connectivity index (χ1n) is 7.87. The molecule has 0 aromatic heterocycles. The van der Waals surface area contributed by atoms with Crippen molar-refractivity contribution in [2.45, 2.75) is 26.2 Å². The molecular formula is C19H24N2O2. The molecule has 0 bridgehead atoms. The van der Waals surface area contributed by atoms with Crippen LogP contribution in [-0.4, -0.2) is 19.6 Å². The molecule has 0 radical (unpaired) electrons. The summed E-state index contributed by atoms with van der Waals surface area (Å²) in [6.45, 7) is 4.93. The van der Waals surface area contributed by atoms with Crippen molar-refractivity contribution in [1.29, 1.82) is 0 Å². The Labute approximate surface area is 137 Å². The average molecular weight is 312 g/mol. The minimum atomic E-state index is -0.0409. The lowest BCUT2D eigenvalue weighted by Gasteiger charge is -2.11. The van der Waals surface area contributed by atoms with E-state index in [0.717, 1.165) is 5.69 Å². The maximum absolute atomic E-state index is 12.0. The summed E-state index contributed by atoms with van der Waals surface area (Å²) in [5.41, 5.74) is 3.03. The highest BCUT2D eigenvalue weighted by atomic mass is 16.5. The molecule has 2 N–H and O–H groups in total. The van der Waals surface area contributed by atoms with Gasteiger partial charge in [-0.1, -0.05) is 38.1 Å². The van der Waals surface area contributed by atoms with Crippen LogP contribution in [0, 0.1) is 0 Å². The maximum atomic E-state index is 12.0. The molecule has 0 spiro atoms. The zero-order valence-corrected chi connectivity index (χ0v) is 13.9. The van der Waals surface area contributed by atoms with Crippen LogP contribution in [0.5, 0.6) is 5.75 Å². The second-order valence-corrected chi connectivity index (χ2v) is 5.70. The molecular weight excluding hydrogens is 288 g/mol. The smallest absolute Gasteiger partial charge is 0.226 e.